The summed E-state index contributed by atoms with van der Waals surface area (Å²) in [7, 11) is 2.66. The topological polar surface area (TPSA) is 78.4 Å². The molecule has 0 saturated heterocycles. The van der Waals surface area contributed by atoms with Crippen molar-refractivity contribution in [1.82, 2.24) is 9.97 Å². The van der Waals surface area contributed by atoms with E-state index in [1.165, 1.54) is 14.2 Å². The molecule has 0 N–H and O–H groups in total. The van der Waals surface area contributed by atoms with Crippen LogP contribution in [-0.2, 0) is 9.47 Å². The van der Waals surface area contributed by atoms with Crippen LogP contribution >= 0.6 is 23.4 Å². The van der Waals surface area contributed by atoms with E-state index < -0.39 is 5.97 Å². The summed E-state index contributed by atoms with van der Waals surface area (Å²) < 4.78 is 9.12. The highest BCUT2D eigenvalue weighted by atomic mass is 35.5. The fourth-order valence-corrected chi connectivity index (χ4v) is 2.99. The third-order valence-electron chi connectivity index (χ3n) is 3.02. The molecule has 0 aliphatic carbocycles. The molecule has 0 amide bonds. The van der Waals surface area contributed by atoms with Crippen LogP contribution in [0.2, 0.25) is 5.02 Å². The standard InChI is InChI=1S/C10H13NO2S.C8H8ClNO2/c1-4-14-8-5-7(2)6-11-9(8)10(12)13-3;1-5-3-6(9)7(10-4-5)8(11)12-2/h5-6H,4H2,1-3H3;3-4H,1-2H3. The first-order valence-electron chi connectivity index (χ1n) is 7.72. The number of hydrogen-bond donors (Lipinski definition) is 0. The zero-order valence-corrected chi connectivity index (χ0v) is 16.9. The fourth-order valence-electron chi connectivity index (χ4n) is 1.84. The lowest BCUT2D eigenvalue weighted by molar-refractivity contribution is 0.0583. The van der Waals surface area contributed by atoms with Gasteiger partial charge < -0.3 is 9.47 Å². The Bertz CT molecular complexity index is 784. The molecule has 2 aromatic rings. The molecule has 0 bridgehead atoms. The minimum atomic E-state index is -0.514. The molecule has 0 saturated carbocycles. The Hall–Kier alpha value is -2.12. The van der Waals surface area contributed by atoms with Crippen LogP contribution in [0.1, 0.15) is 39.0 Å². The van der Waals surface area contributed by atoms with Crippen molar-refractivity contribution in [2.24, 2.45) is 0 Å². The van der Waals surface area contributed by atoms with E-state index in [0.29, 0.717) is 10.7 Å². The van der Waals surface area contributed by atoms with Crippen LogP contribution in [0.4, 0.5) is 0 Å². The fraction of sp³-hybridized carbons (Fsp3) is 0.333. The van der Waals surface area contributed by atoms with Gasteiger partial charge in [-0.3, -0.25) is 0 Å². The lowest BCUT2D eigenvalue weighted by Gasteiger charge is -2.05. The molecule has 0 fully saturated rings. The molecular formula is C18H21ClN2O4S. The highest BCUT2D eigenvalue weighted by molar-refractivity contribution is 7.99. The van der Waals surface area contributed by atoms with E-state index in [9.17, 15) is 9.59 Å². The van der Waals surface area contributed by atoms with Crippen molar-refractivity contribution in [2.75, 3.05) is 20.0 Å². The molecule has 0 radical (unpaired) electrons. The van der Waals surface area contributed by atoms with Crippen LogP contribution in [0.3, 0.4) is 0 Å². The van der Waals surface area contributed by atoms with Crippen molar-refractivity contribution in [2.45, 2.75) is 25.7 Å². The third-order valence-corrected chi connectivity index (χ3v) is 4.22. The normalized spacial score (nSPS) is 9.77. The molecule has 26 heavy (non-hydrogen) atoms. The van der Waals surface area contributed by atoms with Crippen molar-refractivity contribution >= 4 is 35.3 Å². The number of halogens is 1. The molecule has 0 aliphatic heterocycles. The molecular weight excluding hydrogens is 376 g/mol. The predicted octanol–water partition coefficient (Wildman–Crippen LogP) is 4.12. The van der Waals surface area contributed by atoms with Gasteiger partial charge in [0.15, 0.2) is 11.4 Å². The summed E-state index contributed by atoms with van der Waals surface area (Å²) in [6, 6.07) is 3.62. The van der Waals surface area contributed by atoms with E-state index in [1.54, 1.807) is 30.2 Å². The van der Waals surface area contributed by atoms with Gasteiger partial charge in [0.2, 0.25) is 0 Å². The first-order chi connectivity index (χ1) is 12.3. The van der Waals surface area contributed by atoms with E-state index in [4.69, 9.17) is 11.6 Å². The van der Waals surface area contributed by atoms with Gasteiger partial charge in [0, 0.05) is 17.3 Å². The number of hydrogen-bond acceptors (Lipinski definition) is 7. The van der Waals surface area contributed by atoms with Crippen molar-refractivity contribution in [3.8, 4) is 0 Å². The number of rotatable bonds is 4. The average molecular weight is 397 g/mol. The van der Waals surface area contributed by atoms with Crippen molar-refractivity contribution in [3.63, 3.8) is 0 Å². The smallest absolute Gasteiger partial charge is 0.358 e. The first-order valence-corrected chi connectivity index (χ1v) is 9.08. The van der Waals surface area contributed by atoms with Gasteiger partial charge in [0.25, 0.3) is 0 Å². The number of pyridine rings is 2. The van der Waals surface area contributed by atoms with Crippen molar-refractivity contribution < 1.29 is 19.1 Å². The largest absolute Gasteiger partial charge is 0.464 e. The van der Waals surface area contributed by atoms with Crippen LogP contribution in [0.15, 0.2) is 29.4 Å². The number of carbonyl (C=O) groups excluding carboxylic acids is 2. The summed E-state index contributed by atoms with van der Waals surface area (Å²) >= 11 is 7.34. The van der Waals surface area contributed by atoms with E-state index in [1.807, 2.05) is 26.8 Å². The maximum absolute atomic E-state index is 11.3. The molecule has 0 spiro atoms. The Labute approximate surface area is 162 Å². The number of ether oxygens (including phenoxy) is 2. The first kappa shape index (κ1) is 21.9. The van der Waals surface area contributed by atoms with Crippen molar-refractivity contribution in [3.05, 3.63) is 52.1 Å². The molecule has 8 heteroatoms. The van der Waals surface area contributed by atoms with E-state index in [0.717, 1.165) is 21.8 Å². The second-order valence-corrected chi connectivity index (χ2v) is 6.83. The zero-order valence-electron chi connectivity index (χ0n) is 15.3. The van der Waals surface area contributed by atoms with E-state index >= 15 is 0 Å². The maximum atomic E-state index is 11.3. The van der Waals surface area contributed by atoms with E-state index in [-0.39, 0.29) is 11.7 Å². The predicted molar refractivity (Wildman–Crippen MR) is 102 cm³/mol. The Morgan fingerprint density at radius 3 is 2.00 bits per heavy atom. The average Bonchev–Trinajstić information content (AvgIpc) is 2.61. The number of carbonyl (C=O) groups is 2. The van der Waals surface area contributed by atoms with Gasteiger partial charge >= 0.3 is 11.9 Å². The van der Waals surface area contributed by atoms with Gasteiger partial charge in [-0.05, 0) is 42.9 Å². The molecule has 0 aliphatic rings. The summed E-state index contributed by atoms with van der Waals surface area (Å²) in [4.78, 5) is 31.1. The van der Waals surface area contributed by atoms with Crippen LogP contribution in [0, 0.1) is 13.8 Å². The Morgan fingerprint density at radius 1 is 1.00 bits per heavy atom. The summed E-state index contributed by atoms with van der Waals surface area (Å²) in [6.07, 6.45) is 3.24. The van der Waals surface area contributed by atoms with Gasteiger partial charge in [-0.1, -0.05) is 18.5 Å². The number of thioether (sulfide) groups is 1. The second kappa shape index (κ2) is 10.8. The quantitative estimate of drug-likeness (QED) is 0.568. The number of esters is 2. The van der Waals surface area contributed by atoms with Gasteiger partial charge in [-0.2, -0.15) is 0 Å². The van der Waals surface area contributed by atoms with Gasteiger partial charge in [-0.25, -0.2) is 19.6 Å². The third kappa shape index (κ3) is 6.31. The summed E-state index contributed by atoms with van der Waals surface area (Å²) in [6.45, 7) is 5.84. The minimum Gasteiger partial charge on any atom is -0.464 e. The lowest BCUT2D eigenvalue weighted by atomic mass is 10.3. The molecule has 6 nitrogen and oxygen atoms in total. The molecule has 140 valence electrons. The molecule has 2 heterocycles. The number of aryl methyl sites for hydroxylation is 2. The lowest BCUT2D eigenvalue weighted by Crippen LogP contribution is -2.06. The zero-order chi connectivity index (χ0) is 19.7. The number of methoxy groups -OCH3 is 2. The summed E-state index contributed by atoms with van der Waals surface area (Å²) in [5.41, 5.74) is 2.52. The molecule has 0 aromatic carbocycles. The van der Waals surface area contributed by atoms with Crippen LogP contribution in [0.25, 0.3) is 0 Å². The van der Waals surface area contributed by atoms with Crippen LogP contribution in [0.5, 0.6) is 0 Å². The van der Waals surface area contributed by atoms with Gasteiger partial charge in [-0.15, -0.1) is 11.8 Å². The Kier molecular flexibility index (Phi) is 9.09. The monoisotopic (exact) mass is 396 g/mol. The molecule has 0 unspecified atom stereocenters. The number of nitrogens with zero attached hydrogens (tertiary/aromatic N) is 2. The highest BCUT2D eigenvalue weighted by Gasteiger charge is 2.13. The minimum absolute atomic E-state index is 0.157. The maximum Gasteiger partial charge on any atom is 0.358 e. The van der Waals surface area contributed by atoms with E-state index in [2.05, 4.69) is 19.4 Å². The van der Waals surface area contributed by atoms with Gasteiger partial charge in [0.1, 0.15) is 0 Å². The molecule has 2 aromatic heterocycles. The van der Waals surface area contributed by atoms with Gasteiger partial charge in [0.05, 0.1) is 19.2 Å². The Morgan fingerprint density at radius 2 is 1.50 bits per heavy atom. The summed E-state index contributed by atoms with van der Waals surface area (Å²) in [5, 5.41) is 0.321. The van der Waals surface area contributed by atoms with Crippen molar-refractivity contribution in [1.29, 1.82) is 0 Å². The number of aromatic nitrogens is 2. The highest BCUT2D eigenvalue weighted by Crippen LogP contribution is 2.22. The Balaban J connectivity index is 0.000000263. The molecule has 2 rings (SSSR count). The molecule has 0 atom stereocenters. The second-order valence-electron chi connectivity index (χ2n) is 5.12. The SMILES string of the molecule is CCSc1cc(C)cnc1C(=O)OC.COC(=O)c1ncc(C)cc1Cl. The van der Waals surface area contributed by atoms with Crippen LogP contribution < -0.4 is 0 Å². The van der Waals surface area contributed by atoms with Crippen LogP contribution in [-0.4, -0.2) is 41.9 Å². The summed E-state index contributed by atoms with van der Waals surface area (Å²) in [5.74, 6) is 0.0238.